The van der Waals surface area contributed by atoms with E-state index in [1.807, 2.05) is 0 Å². The van der Waals surface area contributed by atoms with Gasteiger partial charge in [-0.05, 0) is 54.8 Å². The van der Waals surface area contributed by atoms with E-state index in [4.69, 9.17) is 9.88 Å². The molecule has 2 N–H and O–H groups in total. The van der Waals surface area contributed by atoms with E-state index in [0.29, 0.717) is 16.9 Å². The zero-order valence-electron chi connectivity index (χ0n) is 11.8. The van der Waals surface area contributed by atoms with E-state index >= 15 is 0 Å². The molecule has 112 valence electrons. The van der Waals surface area contributed by atoms with Gasteiger partial charge in [-0.15, -0.1) is 0 Å². The van der Waals surface area contributed by atoms with Crippen LogP contribution in [0.15, 0.2) is 41.3 Å². The van der Waals surface area contributed by atoms with Crippen molar-refractivity contribution in [1.82, 2.24) is 0 Å². The molecule has 2 aromatic rings. The van der Waals surface area contributed by atoms with E-state index in [-0.39, 0.29) is 17.3 Å². The Morgan fingerprint density at radius 1 is 1.05 bits per heavy atom. The van der Waals surface area contributed by atoms with Gasteiger partial charge in [0.25, 0.3) is 0 Å². The predicted octanol–water partition coefficient (Wildman–Crippen LogP) is 2.67. The van der Waals surface area contributed by atoms with Crippen molar-refractivity contribution in [2.75, 3.05) is 0 Å². The van der Waals surface area contributed by atoms with Crippen molar-refractivity contribution in [1.29, 1.82) is 0 Å². The third-order valence-electron chi connectivity index (χ3n) is 3.30. The fourth-order valence-corrected chi connectivity index (χ4v) is 2.81. The van der Waals surface area contributed by atoms with Crippen molar-refractivity contribution in [3.63, 3.8) is 0 Å². The number of halogens is 1. The smallest absolute Gasteiger partial charge is 0.238 e. The second-order valence-electron chi connectivity index (χ2n) is 4.77. The minimum absolute atomic E-state index is 0.0918. The summed E-state index contributed by atoms with van der Waals surface area (Å²) in [5.41, 5.74) is 2.10. The van der Waals surface area contributed by atoms with Crippen LogP contribution in [0.3, 0.4) is 0 Å². The summed E-state index contributed by atoms with van der Waals surface area (Å²) in [5.74, 6) is 0.271. The molecule has 2 rings (SSSR count). The van der Waals surface area contributed by atoms with Crippen LogP contribution in [0.1, 0.15) is 16.7 Å². The number of hydrogen-bond acceptors (Lipinski definition) is 3. The lowest BCUT2D eigenvalue weighted by Crippen LogP contribution is -2.14. The van der Waals surface area contributed by atoms with E-state index in [0.717, 1.165) is 5.56 Å². The zero-order chi connectivity index (χ0) is 15.6. The van der Waals surface area contributed by atoms with Crippen LogP contribution in [0.5, 0.6) is 5.75 Å². The van der Waals surface area contributed by atoms with Crippen molar-refractivity contribution < 1.29 is 17.5 Å². The molecule has 21 heavy (non-hydrogen) atoms. The van der Waals surface area contributed by atoms with Gasteiger partial charge < -0.3 is 4.74 Å². The molecule has 6 heteroatoms. The highest BCUT2D eigenvalue weighted by atomic mass is 32.2. The van der Waals surface area contributed by atoms with Crippen LogP contribution in [0, 0.1) is 19.7 Å². The van der Waals surface area contributed by atoms with Gasteiger partial charge in [0.1, 0.15) is 18.2 Å². The molecule has 4 nitrogen and oxygen atoms in total. The fourth-order valence-electron chi connectivity index (χ4n) is 1.98. The Balaban J connectivity index is 2.22. The number of nitrogens with two attached hydrogens (primary N) is 1. The molecule has 0 aliphatic rings. The zero-order valence-corrected chi connectivity index (χ0v) is 12.6. The van der Waals surface area contributed by atoms with Crippen molar-refractivity contribution in [2.24, 2.45) is 5.14 Å². The number of ether oxygens (including phenoxy) is 1. The van der Waals surface area contributed by atoms with Gasteiger partial charge >= 0.3 is 0 Å². The SMILES string of the molecule is Cc1c(OCc2ccc(F)cc2)ccc(S(N)(=O)=O)c1C. The van der Waals surface area contributed by atoms with Crippen LogP contribution < -0.4 is 9.88 Å². The molecule has 0 saturated heterocycles. The number of hydrogen-bond donors (Lipinski definition) is 1. The topological polar surface area (TPSA) is 69.4 Å². The average molecular weight is 309 g/mol. The highest BCUT2D eigenvalue weighted by Crippen LogP contribution is 2.27. The predicted molar refractivity (Wildman–Crippen MR) is 78.0 cm³/mol. The van der Waals surface area contributed by atoms with Crippen molar-refractivity contribution in [3.8, 4) is 5.75 Å². The number of benzene rings is 2. The Bertz CT molecular complexity index is 755. The Morgan fingerprint density at radius 2 is 1.67 bits per heavy atom. The summed E-state index contributed by atoms with van der Waals surface area (Å²) in [6.07, 6.45) is 0. The van der Waals surface area contributed by atoms with Crippen molar-refractivity contribution >= 4 is 10.0 Å². The maximum Gasteiger partial charge on any atom is 0.238 e. The Labute approximate surface area is 123 Å². The summed E-state index contributed by atoms with van der Waals surface area (Å²) in [6.45, 7) is 3.72. The van der Waals surface area contributed by atoms with Crippen LogP contribution >= 0.6 is 0 Å². The second kappa shape index (κ2) is 5.83. The fraction of sp³-hybridized carbons (Fsp3) is 0.200. The first-order chi connectivity index (χ1) is 9.79. The minimum atomic E-state index is -3.74. The summed E-state index contributed by atoms with van der Waals surface area (Å²) in [5, 5.41) is 5.15. The highest BCUT2D eigenvalue weighted by molar-refractivity contribution is 7.89. The Kier molecular flexibility index (Phi) is 4.29. The number of rotatable bonds is 4. The van der Waals surface area contributed by atoms with E-state index in [1.54, 1.807) is 32.0 Å². The first-order valence-corrected chi connectivity index (χ1v) is 7.84. The van der Waals surface area contributed by atoms with Crippen LogP contribution in [-0.2, 0) is 16.6 Å². The van der Waals surface area contributed by atoms with Gasteiger partial charge in [0.2, 0.25) is 10.0 Å². The molecule has 0 radical (unpaired) electrons. The Hall–Kier alpha value is -1.92. The van der Waals surface area contributed by atoms with Crippen molar-refractivity contribution in [3.05, 3.63) is 58.9 Å². The maximum atomic E-state index is 12.8. The molecule has 0 aromatic heterocycles. The largest absolute Gasteiger partial charge is 0.489 e. The van der Waals surface area contributed by atoms with Gasteiger partial charge in [-0.1, -0.05) is 12.1 Å². The lowest BCUT2D eigenvalue weighted by atomic mass is 10.1. The Morgan fingerprint density at radius 3 is 2.24 bits per heavy atom. The van der Waals surface area contributed by atoms with Crippen molar-refractivity contribution in [2.45, 2.75) is 25.3 Å². The van der Waals surface area contributed by atoms with Gasteiger partial charge in [-0.2, -0.15) is 0 Å². The molecule has 0 spiro atoms. The summed E-state index contributed by atoms with van der Waals surface area (Å²) >= 11 is 0. The summed E-state index contributed by atoms with van der Waals surface area (Å²) < 4.78 is 41.3. The first-order valence-electron chi connectivity index (χ1n) is 6.29. The summed E-state index contributed by atoms with van der Waals surface area (Å²) in [7, 11) is -3.74. The van der Waals surface area contributed by atoms with Gasteiger partial charge in [-0.3, -0.25) is 0 Å². The molecule has 0 saturated carbocycles. The highest BCUT2D eigenvalue weighted by Gasteiger charge is 2.15. The van der Waals surface area contributed by atoms with E-state index in [1.165, 1.54) is 18.2 Å². The summed E-state index contributed by atoms with van der Waals surface area (Å²) in [6, 6.07) is 9.00. The third kappa shape index (κ3) is 3.59. The summed E-state index contributed by atoms with van der Waals surface area (Å²) in [4.78, 5) is 0.0918. The molecule has 2 aromatic carbocycles. The van der Waals surface area contributed by atoms with Gasteiger partial charge in [0.05, 0.1) is 4.90 Å². The number of primary sulfonamides is 1. The second-order valence-corrected chi connectivity index (χ2v) is 6.30. The first kappa shape index (κ1) is 15.5. The standard InChI is InChI=1S/C15H16FNO3S/c1-10-11(2)15(21(17,18)19)8-7-14(10)20-9-12-3-5-13(16)6-4-12/h3-8H,9H2,1-2H3,(H2,17,18,19). The van der Waals surface area contributed by atoms with Gasteiger partial charge in [0.15, 0.2) is 0 Å². The van der Waals surface area contributed by atoms with Gasteiger partial charge in [0, 0.05) is 0 Å². The minimum Gasteiger partial charge on any atom is -0.489 e. The maximum absolute atomic E-state index is 12.8. The monoisotopic (exact) mass is 309 g/mol. The quantitative estimate of drug-likeness (QED) is 0.944. The van der Waals surface area contributed by atoms with E-state index in [9.17, 15) is 12.8 Å². The third-order valence-corrected chi connectivity index (χ3v) is 4.36. The molecule has 0 bridgehead atoms. The molecule has 0 unspecified atom stereocenters. The van der Waals surface area contributed by atoms with E-state index < -0.39 is 10.0 Å². The van der Waals surface area contributed by atoms with Gasteiger partial charge in [-0.25, -0.2) is 17.9 Å². The normalized spacial score (nSPS) is 11.4. The van der Waals surface area contributed by atoms with Crippen LogP contribution in [0.25, 0.3) is 0 Å². The van der Waals surface area contributed by atoms with Crippen LogP contribution in [0.4, 0.5) is 4.39 Å². The molecule has 0 fully saturated rings. The van der Waals surface area contributed by atoms with Crippen LogP contribution in [0.2, 0.25) is 0 Å². The molecule has 0 amide bonds. The molecular weight excluding hydrogens is 293 g/mol. The molecule has 0 aliphatic carbocycles. The van der Waals surface area contributed by atoms with E-state index in [2.05, 4.69) is 0 Å². The molecular formula is C15H16FNO3S. The lowest BCUT2D eigenvalue weighted by Gasteiger charge is -2.13. The average Bonchev–Trinajstić information content (AvgIpc) is 2.41. The molecule has 0 atom stereocenters. The lowest BCUT2D eigenvalue weighted by molar-refractivity contribution is 0.303. The molecule has 0 heterocycles. The van der Waals surface area contributed by atoms with Crippen LogP contribution in [-0.4, -0.2) is 8.42 Å². The number of sulfonamides is 1. The molecule has 0 aliphatic heterocycles.